The van der Waals surface area contributed by atoms with Crippen molar-refractivity contribution in [2.75, 3.05) is 18.5 Å². The molecule has 47 heavy (non-hydrogen) atoms. The summed E-state index contributed by atoms with van der Waals surface area (Å²) >= 11 is 0. The number of phenols is 2. The number of ketones is 2. The molecule has 6 atom stereocenters. The maximum atomic E-state index is 13.6. The number of hydrogen-bond donors (Lipinski definition) is 5. The number of aromatic hydroxyl groups is 2. The highest BCUT2D eigenvalue weighted by Crippen LogP contribution is 2.52. The monoisotopic (exact) mass is 668 g/mol. The predicted molar refractivity (Wildman–Crippen MR) is 171 cm³/mol. The number of ether oxygens (including phenoxy) is 4. The molecule has 12 nitrogen and oxygen atoms in total. The number of nitrogens with one attached hydrogen (secondary N) is 1. The van der Waals surface area contributed by atoms with Gasteiger partial charge in [0, 0.05) is 59.9 Å². The van der Waals surface area contributed by atoms with Crippen molar-refractivity contribution in [3.05, 3.63) is 88.0 Å². The minimum atomic E-state index is -1.82. The van der Waals surface area contributed by atoms with Crippen molar-refractivity contribution in [1.82, 2.24) is 0 Å². The first kappa shape index (κ1) is 34.3. The normalized spacial score (nSPS) is 26.3. The lowest BCUT2D eigenvalue weighted by atomic mass is 9.73. The van der Waals surface area contributed by atoms with Gasteiger partial charge in [0.15, 0.2) is 17.9 Å². The number of anilines is 1. The number of carbonyl (C=O) groups excluding carboxylic acids is 3. The fraction of sp³-hybridized carbons (Fsp3) is 0.382. The first-order valence-corrected chi connectivity index (χ1v) is 15.2. The molecule has 3 aromatic rings. The topological polar surface area (TPSA) is 187 Å². The molecular weight excluding hydrogens is 632 g/mol. The van der Waals surface area contributed by atoms with Gasteiger partial charge in [-0.25, -0.2) is 4.79 Å². The maximum Gasteiger partial charge on any atom is 0.411 e. The molecule has 1 amide bonds. The van der Waals surface area contributed by atoms with E-state index in [1.807, 2.05) is 6.92 Å². The molecule has 1 unspecified atom stereocenters. The number of benzene rings is 3. The highest BCUT2D eigenvalue weighted by atomic mass is 35.5. The van der Waals surface area contributed by atoms with E-state index in [-0.39, 0.29) is 71.2 Å². The minimum absolute atomic E-state index is 0. The summed E-state index contributed by atoms with van der Waals surface area (Å²) in [6.45, 7) is 3.56. The molecule has 1 fully saturated rings. The van der Waals surface area contributed by atoms with E-state index in [9.17, 15) is 29.7 Å². The molecule has 3 aliphatic rings. The van der Waals surface area contributed by atoms with E-state index >= 15 is 0 Å². The van der Waals surface area contributed by atoms with Crippen molar-refractivity contribution in [2.24, 2.45) is 5.73 Å². The van der Waals surface area contributed by atoms with Crippen LogP contribution in [0, 0.1) is 0 Å². The van der Waals surface area contributed by atoms with Gasteiger partial charge >= 0.3 is 6.09 Å². The zero-order valence-electron chi connectivity index (χ0n) is 25.8. The van der Waals surface area contributed by atoms with Crippen LogP contribution >= 0.6 is 12.4 Å². The van der Waals surface area contributed by atoms with Crippen LogP contribution in [0.1, 0.15) is 75.8 Å². The zero-order chi connectivity index (χ0) is 32.7. The van der Waals surface area contributed by atoms with Crippen LogP contribution in [0.15, 0.2) is 54.6 Å². The summed E-state index contributed by atoms with van der Waals surface area (Å²) < 4.78 is 23.5. The number of rotatable bonds is 7. The summed E-state index contributed by atoms with van der Waals surface area (Å²) in [5.41, 5.74) is 4.55. The Balaban J connectivity index is 0.00000433. The smallest absolute Gasteiger partial charge is 0.411 e. The fourth-order valence-corrected chi connectivity index (χ4v) is 6.66. The molecule has 0 radical (unpaired) electrons. The standard InChI is InChI=1S/C34H36N2O10.ClH/c1-3-43-32-17(2)45-24(13-22(32)35)46-23-15-34(42,16-44-33(41)36-18-9-5-4-6-10-18)14-21-25(23)31(40)27-26(30(21)39)28(37)19-11-7-8-12-20(19)29(27)38;/h4-12,17,22-24,32,39-40,42H,3,13-16,35H2,1-2H3,(H,36,41);1H/t17-,22+,23+,24+,32+,34?;/m1./s1. The van der Waals surface area contributed by atoms with Gasteiger partial charge < -0.3 is 40.0 Å². The van der Waals surface area contributed by atoms with E-state index in [0.29, 0.717) is 12.3 Å². The third kappa shape index (κ3) is 6.45. The quantitative estimate of drug-likeness (QED) is 0.178. The van der Waals surface area contributed by atoms with Crippen LogP contribution in [-0.2, 0) is 25.4 Å². The van der Waals surface area contributed by atoms with Crippen LogP contribution in [0.4, 0.5) is 10.5 Å². The Hall–Kier alpha value is -4.04. The van der Waals surface area contributed by atoms with Gasteiger partial charge in [-0.1, -0.05) is 42.5 Å². The zero-order valence-corrected chi connectivity index (χ0v) is 26.6. The molecule has 6 N–H and O–H groups in total. The van der Waals surface area contributed by atoms with Crippen LogP contribution in [-0.4, -0.2) is 76.3 Å². The second-order valence-electron chi connectivity index (χ2n) is 11.9. The fourth-order valence-electron chi connectivity index (χ4n) is 6.66. The molecule has 1 heterocycles. The number of para-hydroxylation sites is 1. The summed E-state index contributed by atoms with van der Waals surface area (Å²) in [7, 11) is 0. The van der Waals surface area contributed by atoms with Crippen molar-refractivity contribution in [3.63, 3.8) is 0 Å². The molecule has 0 bridgehead atoms. The lowest BCUT2D eigenvalue weighted by Gasteiger charge is -2.43. The van der Waals surface area contributed by atoms with Crippen molar-refractivity contribution >= 4 is 35.8 Å². The summed E-state index contributed by atoms with van der Waals surface area (Å²) in [5, 5.41) is 37.7. The summed E-state index contributed by atoms with van der Waals surface area (Å²) in [6.07, 6.45) is -4.09. The van der Waals surface area contributed by atoms with E-state index in [4.69, 9.17) is 24.7 Å². The molecule has 3 aromatic carbocycles. The van der Waals surface area contributed by atoms with E-state index in [1.165, 1.54) is 12.1 Å². The Morgan fingerprint density at radius 2 is 1.64 bits per heavy atom. The highest BCUT2D eigenvalue weighted by Gasteiger charge is 2.48. The van der Waals surface area contributed by atoms with Crippen LogP contribution in [0.2, 0.25) is 0 Å². The minimum Gasteiger partial charge on any atom is -0.507 e. The highest BCUT2D eigenvalue weighted by molar-refractivity contribution is 6.30. The third-order valence-electron chi connectivity index (χ3n) is 8.74. The Labute approximate surface area is 277 Å². The molecule has 0 aromatic heterocycles. The second-order valence-corrected chi connectivity index (χ2v) is 11.9. The van der Waals surface area contributed by atoms with Crippen molar-refractivity contribution < 1.29 is 48.7 Å². The lowest BCUT2D eigenvalue weighted by molar-refractivity contribution is -0.254. The van der Waals surface area contributed by atoms with E-state index in [0.717, 1.165) is 0 Å². The number of fused-ring (bicyclic) bond motifs is 3. The van der Waals surface area contributed by atoms with Crippen LogP contribution in [0.25, 0.3) is 0 Å². The SMILES string of the molecule is CCO[C@@H]1[C@@H](N)C[C@H](O[C@H]2CC(O)(COC(=O)Nc3ccccc3)Cc3c(O)c4c(c(O)c32)C(=O)c2ccccc2C4=O)O[C@@H]1C.Cl. The molecule has 13 heteroatoms. The number of nitrogens with two attached hydrogens (primary N) is 1. The number of amides is 1. The summed E-state index contributed by atoms with van der Waals surface area (Å²) in [6, 6.07) is 14.3. The second kappa shape index (κ2) is 13.6. The Bertz CT molecular complexity index is 1670. The Morgan fingerprint density at radius 3 is 2.26 bits per heavy atom. The lowest BCUT2D eigenvalue weighted by Crippen LogP contribution is -2.53. The van der Waals surface area contributed by atoms with Gasteiger partial charge in [-0.15, -0.1) is 12.4 Å². The molecule has 2 aliphatic carbocycles. The largest absolute Gasteiger partial charge is 0.507 e. The number of carbonyl (C=O) groups is 3. The Kier molecular flexibility index (Phi) is 9.92. The summed E-state index contributed by atoms with van der Waals surface area (Å²) in [5.74, 6) is -2.39. The first-order chi connectivity index (χ1) is 22.0. The van der Waals surface area contributed by atoms with Crippen molar-refractivity contribution in [2.45, 2.75) is 69.4 Å². The maximum absolute atomic E-state index is 13.6. The average molecular weight is 669 g/mol. The predicted octanol–water partition coefficient (Wildman–Crippen LogP) is 4.15. The molecule has 1 aliphatic heterocycles. The van der Waals surface area contributed by atoms with Gasteiger partial charge in [-0.3, -0.25) is 14.9 Å². The molecule has 1 saturated heterocycles. The van der Waals surface area contributed by atoms with E-state index in [2.05, 4.69) is 5.32 Å². The molecule has 0 saturated carbocycles. The van der Waals surface area contributed by atoms with Crippen molar-refractivity contribution in [3.8, 4) is 11.5 Å². The molecule has 250 valence electrons. The number of halogens is 1. The van der Waals surface area contributed by atoms with E-state index in [1.54, 1.807) is 49.4 Å². The van der Waals surface area contributed by atoms with Gasteiger partial charge in [0.05, 0.1) is 29.4 Å². The van der Waals surface area contributed by atoms with Gasteiger partial charge in [-0.2, -0.15) is 0 Å². The number of phenolic OH excluding ortho intramolecular Hbond substituents is 2. The van der Waals surface area contributed by atoms with Gasteiger partial charge in [0.2, 0.25) is 0 Å². The van der Waals surface area contributed by atoms with Gasteiger partial charge in [0.1, 0.15) is 23.7 Å². The van der Waals surface area contributed by atoms with Gasteiger partial charge in [-0.05, 0) is 26.0 Å². The van der Waals surface area contributed by atoms with Crippen LogP contribution in [0.3, 0.4) is 0 Å². The molecule has 6 rings (SSSR count). The first-order valence-electron chi connectivity index (χ1n) is 15.2. The van der Waals surface area contributed by atoms with Crippen molar-refractivity contribution in [1.29, 1.82) is 0 Å². The third-order valence-corrected chi connectivity index (χ3v) is 8.74. The van der Waals surface area contributed by atoms with Gasteiger partial charge in [0.25, 0.3) is 0 Å². The van der Waals surface area contributed by atoms with Crippen LogP contribution in [0.5, 0.6) is 11.5 Å². The molecule has 0 spiro atoms. The average Bonchev–Trinajstić information content (AvgIpc) is 3.03. The van der Waals surface area contributed by atoms with Crippen LogP contribution < -0.4 is 11.1 Å². The summed E-state index contributed by atoms with van der Waals surface area (Å²) in [4.78, 5) is 39.8. The molecular formula is C34H37ClN2O10. The number of aliphatic hydroxyl groups is 1. The number of hydrogen-bond acceptors (Lipinski definition) is 11. The van der Waals surface area contributed by atoms with E-state index < -0.39 is 65.9 Å². The Morgan fingerprint density at radius 1 is 1.02 bits per heavy atom.